The lowest BCUT2D eigenvalue weighted by atomic mass is 10.1. The van der Waals surface area contributed by atoms with Gasteiger partial charge in [0.25, 0.3) is 0 Å². The second kappa shape index (κ2) is 10.6. The Bertz CT molecular complexity index is 462. The number of anilines is 1. The Morgan fingerprint density at radius 1 is 1.33 bits per heavy atom. The molecule has 2 heterocycles. The number of nitrogens with one attached hydrogen (secondary N) is 2. The van der Waals surface area contributed by atoms with Gasteiger partial charge in [0.05, 0.1) is 5.00 Å². The molecule has 5 nitrogen and oxygen atoms in total. The molecule has 0 bridgehead atoms. The summed E-state index contributed by atoms with van der Waals surface area (Å²) in [4.78, 5) is 9.32. The second-order valence-electron chi connectivity index (χ2n) is 6.24. The summed E-state index contributed by atoms with van der Waals surface area (Å²) in [6, 6.07) is 4.87. The Labute approximate surface area is 151 Å². The zero-order chi connectivity index (χ0) is 17.2. The minimum Gasteiger partial charge on any atom is -0.363 e. The highest BCUT2D eigenvalue weighted by Gasteiger charge is 2.20. The van der Waals surface area contributed by atoms with Gasteiger partial charge in [-0.05, 0) is 56.4 Å². The minimum absolute atomic E-state index is 0.523. The van der Waals surface area contributed by atoms with Crippen molar-refractivity contribution in [1.82, 2.24) is 15.5 Å². The van der Waals surface area contributed by atoms with E-state index in [1.54, 1.807) is 0 Å². The van der Waals surface area contributed by atoms with Crippen LogP contribution in [0, 0.1) is 0 Å². The molecular weight excluding hydrogens is 318 g/mol. The highest BCUT2D eigenvalue weighted by Crippen LogP contribution is 2.24. The molecule has 0 unspecified atom stereocenters. The molecule has 1 aromatic rings. The topological polar surface area (TPSA) is 42.9 Å². The van der Waals surface area contributed by atoms with Crippen LogP contribution < -0.4 is 15.5 Å². The third-order valence-electron chi connectivity index (χ3n) is 4.72. The highest BCUT2D eigenvalue weighted by atomic mass is 32.1. The summed E-state index contributed by atoms with van der Waals surface area (Å²) in [5.41, 5.74) is 0. The average molecular weight is 352 g/mol. The van der Waals surface area contributed by atoms with Crippen LogP contribution in [0.1, 0.15) is 33.1 Å². The maximum Gasteiger partial charge on any atom is 0.191 e. The van der Waals surface area contributed by atoms with Crippen LogP contribution in [0.5, 0.6) is 0 Å². The summed E-state index contributed by atoms with van der Waals surface area (Å²) >= 11 is 1.83. The van der Waals surface area contributed by atoms with Crippen LogP contribution in [0.15, 0.2) is 22.5 Å². The van der Waals surface area contributed by atoms with E-state index in [0.717, 1.165) is 64.5 Å². The summed E-state index contributed by atoms with van der Waals surface area (Å²) in [5.74, 6) is 0.948. The highest BCUT2D eigenvalue weighted by molar-refractivity contribution is 7.14. The van der Waals surface area contributed by atoms with E-state index in [1.807, 2.05) is 18.4 Å². The largest absolute Gasteiger partial charge is 0.363 e. The third-order valence-corrected chi connectivity index (χ3v) is 5.64. The average Bonchev–Trinajstić information content (AvgIpc) is 3.16. The van der Waals surface area contributed by atoms with E-state index in [4.69, 9.17) is 0 Å². The number of hydrogen-bond acceptors (Lipinski definition) is 4. The number of piperidine rings is 1. The lowest BCUT2D eigenvalue weighted by Crippen LogP contribution is -2.49. The molecule has 0 radical (unpaired) electrons. The van der Waals surface area contributed by atoms with Gasteiger partial charge in [-0.15, -0.1) is 11.3 Å². The van der Waals surface area contributed by atoms with E-state index in [0.29, 0.717) is 6.04 Å². The summed E-state index contributed by atoms with van der Waals surface area (Å²) in [7, 11) is 1.86. The van der Waals surface area contributed by atoms with Crippen molar-refractivity contribution in [2.24, 2.45) is 4.99 Å². The standard InChI is InChI=1S/C18H33N5S/c1-4-22(5-2)12-7-11-20-18(19-3)21-16-9-13-23(14-10-16)17-8-6-15-24-17/h6,8,15-16H,4-5,7,9-14H2,1-3H3,(H2,19,20,21). The van der Waals surface area contributed by atoms with E-state index in [-0.39, 0.29) is 0 Å². The van der Waals surface area contributed by atoms with E-state index >= 15 is 0 Å². The van der Waals surface area contributed by atoms with Gasteiger partial charge in [0.2, 0.25) is 0 Å². The zero-order valence-electron chi connectivity index (χ0n) is 15.4. The zero-order valence-corrected chi connectivity index (χ0v) is 16.2. The van der Waals surface area contributed by atoms with Crippen molar-refractivity contribution in [1.29, 1.82) is 0 Å². The van der Waals surface area contributed by atoms with Gasteiger partial charge in [0.15, 0.2) is 5.96 Å². The van der Waals surface area contributed by atoms with Gasteiger partial charge in [0, 0.05) is 32.7 Å². The molecule has 1 saturated heterocycles. The third kappa shape index (κ3) is 5.98. The van der Waals surface area contributed by atoms with Gasteiger partial charge >= 0.3 is 0 Å². The maximum absolute atomic E-state index is 4.38. The van der Waals surface area contributed by atoms with Crippen molar-refractivity contribution in [3.05, 3.63) is 17.5 Å². The molecule has 6 heteroatoms. The smallest absolute Gasteiger partial charge is 0.191 e. The Balaban J connectivity index is 1.65. The molecule has 0 aromatic carbocycles. The van der Waals surface area contributed by atoms with Crippen molar-refractivity contribution in [3.63, 3.8) is 0 Å². The van der Waals surface area contributed by atoms with E-state index in [2.05, 4.69) is 56.8 Å². The molecule has 136 valence electrons. The molecule has 0 aliphatic carbocycles. The first-order chi connectivity index (χ1) is 11.8. The number of guanidine groups is 1. The number of nitrogens with zero attached hydrogens (tertiary/aromatic N) is 3. The number of hydrogen-bond donors (Lipinski definition) is 2. The summed E-state index contributed by atoms with van der Waals surface area (Å²) in [6.07, 6.45) is 3.48. The molecule has 0 atom stereocenters. The Hall–Kier alpha value is -1.27. The van der Waals surface area contributed by atoms with Gasteiger partial charge in [0.1, 0.15) is 0 Å². The quantitative estimate of drug-likeness (QED) is 0.429. The van der Waals surface area contributed by atoms with Crippen LogP contribution in [-0.2, 0) is 0 Å². The van der Waals surface area contributed by atoms with Crippen LogP contribution in [0.25, 0.3) is 0 Å². The van der Waals surface area contributed by atoms with Crippen LogP contribution in [0.4, 0.5) is 5.00 Å². The van der Waals surface area contributed by atoms with Gasteiger partial charge in [-0.3, -0.25) is 4.99 Å². The number of rotatable bonds is 8. The second-order valence-corrected chi connectivity index (χ2v) is 7.16. The van der Waals surface area contributed by atoms with Gasteiger partial charge in [-0.1, -0.05) is 13.8 Å². The monoisotopic (exact) mass is 351 g/mol. The van der Waals surface area contributed by atoms with Gasteiger partial charge in [-0.2, -0.15) is 0 Å². The Morgan fingerprint density at radius 3 is 2.67 bits per heavy atom. The normalized spacial score (nSPS) is 16.7. The fourth-order valence-corrected chi connectivity index (χ4v) is 3.92. The van der Waals surface area contributed by atoms with Crippen LogP contribution in [0.3, 0.4) is 0 Å². The Morgan fingerprint density at radius 2 is 2.08 bits per heavy atom. The van der Waals surface area contributed by atoms with Crippen molar-refractivity contribution in [2.75, 3.05) is 51.2 Å². The summed E-state index contributed by atoms with van der Waals surface area (Å²) < 4.78 is 0. The first-order valence-corrected chi connectivity index (χ1v) is 10.1. The molecule has 0 spiro atoms. The lowest BCUT2D eigenvalue weighted by molar-refractivity contribution is 0.300. The molecule has 0 saturated carbocycles. The van der Waals surface area contributed by atoms with Crippen LogP contribution in [0.2, 0.25) is 0 Å². The fraction of sp³-hybridized carbons (Fsp3) is 0.722. The van der Waals surface area contributed by atoms with E-state index < -0.39 is 0 Å². The molecule has 1 aliphatic rings. The molecule has 1 aliphatic heterocycles. The predicted molar refractivity (Wildman–Crippen MR) is 106 cm³/mol. The van der Waals surface area contributed by atoms with Crippen molar-refractivity contribution in [2.45, 2.75) is 39.2 Å². The van der Waals surface area contributed by atoms with Gasteiger partial charge in [-0.25, -0.2) is 0 Å². The first-order valence-electron chi connectivity index (χ1n) is 9.24. The van der Waals surface area contributed by atoms with Crippen LogP contribution in [-0.4, -0.2) is 63.2 Å². The van der Waals surface area contributed by atoms with Crippen molar-refractivity contribution in [3.8, 4) is 0 Å². The van der Waals surface area contributed by atoms with Crippen LogP contribution >= 0.6 is 11.3 Å². The maximum atomic E-state index is 4.38. The predicted octanol–water partition coefficient (Wildman–Crippen LogP) is 2.61. The molecule has 2 rings (SSSR count). The van der Waals surface area contributed by atoms with Crippen molar-refractivity contribution >= 4 is 22.3 Å². The fourth-order valence-electron chi connectivity index (χ4n) is 3.13. The van der Waals surface area contributed by atoms with Gasteiger partial charge < -0.3 is 20.4 Å². The Kier molecular flexibility index (Phi) is 8.39. The molecule has 1 aromatic heterocycles. The van der Waals surface area contributed by atoms with Crippen molar-refractivity contribution < 1.29 is 0 Å². The SMILES string of the molecule is CCN(CC)CCCNC(=NC)NC1CCN(c2cccs2)CC1. The summed E-state index contributed by atoms with van der Waals surface area (Å²) in [5, 5.41) is 10.6. The molecule has 0 amide bonds. The molecular formula is C18H33N5S. The molecule has 1 fully saturated rings. The molecule has 2 N–H and O–H groups in total. The summed E-state index contributed by atoms with van der Waals surface area (Å²) in [6.45, 7) is 11.1. The number of thiophene rings is 1. The van der Waals surface area contributed by atoms with E-state index in [9.17, 15) is 0 Å². The lowest BCUT2D eigenvalue weighted by Gasteiger charge is -2.33. The minimum atomic E-state index is 0.523. The first kappa shape index (κ1) is 19.1. The number of aliphatic imine (C=N–C) groups is 1. The van der Waals surface area contributed by atoms with E-state index in [1.165, 1.54) is 5.00 Å². The molecule has 24 heavy (non-hydrogen) atoms.